The average Bonchev–Trinajstić information content (AvgIpc) is 2.97. The quantitative estimate of drug-likeness (QED) is 0.833. The normalized spacial score (nSPS) is 18.7. The van der Waals surface area contributed by atoms with Gasteiger partial charge >= 0.3 is 16.2 Å². The summed E-state index contributed by atoms with van der Waals surface area (Å²) >= 11 is 0.938. The molecule has 1 aliphatic heterocycles. The molecular formula is C13H11FN2O5S2. The standard InChI is InChI=1S/C13H11FN2O5S2/c14-23(20,21)6-7-4-9(17)16(5-7)10-8-2-1-3-15-12(8)22-11(10)13(18)19/h1-3,7H,4-6H2,(H,18,19). The highest BCUT2D eigenvalue weighted by Crippen LogP contribution is 2.40. The number of rotatable bonds is 4. The Morgan fingerprint density at radius 1 is 1.52 bits per heavy atom. The first-order valence-electron chi connectivity index (χ1n) is 6.60. The molecule has 1 amide bonds. The fourth-order valence-corrected chi connectivity index (χ4v) is 4.50. The first-order valence-corrected chi connectivity index (χ1v) is 8.96. The Hall–Kier alpha value is -2.07. The number of hydrogen-bond acceptors (Lipinski definition) is 6. The van der Waals surface area contributed by atoms with Crippen molar-refractivity contribution in [3.05, 3.63) is 23.2 Å². The first kappa shape index (κ1) is 15.8. The largest absolute Gasteiger partial charge is 0.477 e. The fourth-order valence-electron chi connectivity index (χ4n) is 2.72. The molecule has 1 saturated heterocycles. The van der Waals surface area contributed by atoms with Gasteiger partial charge in [0.25, 0.3) is 0 Å². The number of pyridine rings is 1. The van der Waals surface area contributed by atoms with E-state index in [9.17, 15) is 27.0 Å². The van der Waals surface area contributed by atoms with E-state index in [1.165, 1.54) is 11.1 Å². The Bertz CT molecular complexity index is 908. The predicted molar refractivity (Wildman–Crippen MR) is 81.9 cm³/mol. The summed E-state index contributed by atoms with van der Waals surface area (Å²) in [6.07, 6.45) is 1.37. The molecule has 1 fully saturated rings. The first-order chi connectivity index (χ1) is 10.8. The van der Waals surface area contributed by atoms with Gasteiger partial charge < -0.3 is 10.0 Å². The molecule has 2 aromatic rings. The number of fused-ring (bicyclic) bond motifs is 1. The van der Waals surface area contributed by atoms with Crippen LogP contribution in [0.4, 0.5) is 9.57 Å². The minimum atomic E-state index is -4.70. The van der Waals surface area contributed by atoms with Crippen molar-refractivity contribution in [2.75, 3.05) is 17.2 Å². The lowest BCUT2D eigenvalue weighted by Crippen LogP contribution is -2.26. The van der Waals surface area contributed by atoms with Crippen LogP contribution in [0.25, 0.3) is 10.2 Å². The van der Waals surface area contributed by atoms with Crippen LogP contribution < -0.4 is 4.90 Å². The minimum Gasteiger partial charge on any atom is -0.477 e. The van der Waals surface area contributed by atoms with Gasteiger partial charge in [-0.25, -0.2) is 9.78 Å². The molecule has 0 aliphatic carbocycles. The SMILES string of the molecule is O=C(O)c1sc2ncccc2c1N1CC(CS(=O)(=O)F)CC1=O. The third kappa shape index (κ3) is 3.04. The van der Waals surface area contributed by atoms with Crippen molar-refractivity contribution in [3.8, 4) is 0 Å². The van der Waals surface area contributed by atoms with Crippen molar-refractivity contribution in [2.45, 2.75) is 6.42 Å². The molecule has 10 heteroatoms. The van der Waals surface area contributed by atoms with Crippen molar-refractivity contribution < 1.29 is 27.0 Å². The number of carbonyl (C=O) groups is 2. The number of thiophene rings is 1. The van der Waals surface area contributed by atoms with E-state index < -0.39 is 33.8 Å². The molecule has 0 saturated carbocycles. The van der Waals surface area contributed by atoms with Crippen LogP contribution in [-0.4, -0.2) is 42.7 Å². The molecule has 0 radical (unpaired) electrons. The lowest BCUT2D eigenvalue weighted by atomic mass is 10.1. The molecule has 1 N–H and O–H groups in total. The van der Waals surface area contributed by atoms with Gasteiger partial charge in [-0.05, 0) is 12.1 Å². The molecule has 3 rings (SSSR count). The Kier molecular flexibility index (Phi) is 3.80. The number of carbonyl (C=O) groups excluding carboxylic acids is 1. The lowest BCUT2D eigenvalue weighted by molar-refractivity contribution is -0.117. The molecule has 2 aromatic heterocycles. The van der Waals surface area contributed by atoms with E-state index in [-0.39, 0.29) is 23.5 Å². The van der Waals surface area contributed by atoms with E-state index in [1.807, 2.05) is 0 Å². The lowest BCUT2D eigenvalue weighted by Gasteiger charge is -2.16. The van der Waals surface area contributed by atoms with Gasteiger partial charge in [0.2, 0.25) is 5.91 Å². The molecule has 0 bridgehead atoms. The van der Waals surface area contributed by atoms with E-state index in [1.54, 1.807) is 12.1 Å². The number of nitrogens with zero attached hydrogens (tertiary/aromatic N) is 2. The maximum Gasteiger partial charge on any atom is 0.348 e. The summed E-state index contributed by atoms with van der Waals surface area (Å²) < 4.78 is 34.4. The van der Waals surface area contributed by atoms with Crippen LogP contribution in [0.5, 0.6) is 0 Å². The highest BCUT2D eigenvalue weighted by atomic mass is 32.3. The molecule has 7 nitrogen and oxygen atoms in total. The van der Waals surface area contributed by atoms with E-state index in [2.05, 4.69) is 4.98 Å². The number of carboxylic acid groups (broad SMARTS) is 1. The summed E-state index contributed by atoms with van der Waals surface area (Å²) in [6, 6.07) is 3.27. The van der Waals surface area contributed by atoms with Gasteiger partial charge in [0.15, 0.2) is 0 Å². The van der Waals surface area contributed by atoms with Crippen LogP contribution in [-0.2, 0) is 15.0 Å². The van der Waals surface area contributed by atoms with Crippen molar-refractivity contribution in [3.63, 3.8) is 0 Å². The smallest absolute Gasteiger partial charge is 0.348 e. The van der Waals surface area contributed by atoms with Gasteiger partial charge in [-0.2, -0.15) is 8.42 Å². The van der Waals surface area contributed by atoms with Crippen LogP contribution in [0.1, 0.15) is 16.1 Å². The van der Waals surface area contributed by atoms with Gasteiger partial charge in [0.1, 0.15) is 9.71 Å². The van der Waals surface area contributed by atoms with Crippen LogP contribution in [0, 0.1) is 5.92 Å². The number of aromatic carboxylic acids is 1. The number of halogens is 1. The summed E-state index contributed by atoms with van der Waals surface area (Å²) in [6.45, 7) is -0.0387. The van der Waals surface area contributed by atoms with Crippen LogP contribution in [0.2, 0.25) is 0 Å². The highest BCUT2D eigenvalue weighted by Gasteiger charge is 2.37. The van der Waals surface area contributed by atoms with E-state index in [0.717, 1.165) is 11.3 Å². The molecule has 1 aliphatic rings. The summed E-state index contributed by atoms with van der Waals surface area (Å²) in [5, 5.41) is 9.86. The number of amides is 1. The van der Waals surface area contributed by atoms with Gasteiger partial charge in [0, 0.05) is 30.5 Å². The zero-order valence-electron chi connectivity index (χ0n) is 11.6. The second-order valence-electron chi connectivity index (χ2n) is 5.22. The van der Waals surface area contributed by atoms with Gasteiger partial charge in [-0.1, -0.05) is 0 Å². The Balaban J connectivity index is 2.04. The average molecular weight is 358 g/mol. The van der Waals surface area contributed by atoms with Crippen molar-refractivity contribution in [1.82, 2.24) is 4.98 Å². The van der Waals surface area contributed by atoms with E-state index in [0.29, 0.717) is 10.2 Å². The van der Waals surface area contributed by atoms with Crippen LogP contribution >= 0.6 is 11.3 Å². The molecule has 1 unspecified atom stereocenters. The van der Waals surface area contributed by atoms with E-state index >= 15 is 0 Å². The van der Waals surface area contributed by atoms with Gasteiger partial charge in [-0.3, -0.25) is 4.79 Å². The molecule has 0 spiro atoms. The molecule has 122 valence electrons. The van der Waals surface area contributed by atoms with E-state index in [4.69, 9.17) is 0 Å². The van der Waals surface area contributed by atoms with Crippen LogP contribution in [0.15, 0.2) is 18.3 Å². The maximum atomic E-state index is 12.8. The second kappa shape index (κ2) is 5.53. The summed E-state index contributed by atoms with van der Waals surface area (Å²) in [7, 11) is -4.70. The third-order valence-corrected chi connectivity index (χ3v) is 5.50. The molecule has 0 aromatic carbocycles. The number of anilines is 1. The fraction of sp³-hybridized carbons (Fsp3) is 0.308. The second-order valence-corrected chi connectivity index (χ2v) is 7.63. The zero-order chi connectivity index (χ0) is 16.8. The predicted octanol–water partition coefficient (Wildman–Crippen LogP) is 1.65. The zero-order valence-corrected chi connectivity index (χ0v) is 13.2. The van der Waals surface area contributed by atoms with Crippen molar-refractivity contribution in [1.29, 1.82) is 0 Å². The van der Waals surface area contributed by atoms with Crippen molar-refractivity contribution in [2.24, 2.45) is 5.92 Å². The summed E-state index contributed by atoms with van der Waals surface area (Å²) in [5.41, 5.74) is 0.203. The molecular weight excluding hydrogens is 347 g/mol. The monoisotopic (exact) mass is 358 g/mol. The third-order valence-electron chi connectivity index (χ3n) is 3.54. The molecule has 1 atom stereocenters. The molecule has 3 heterocycles. The number of hydrogen-bond donors (Lipinski definition) is 1. The van der Waals surface area contributed by atoms with Gasteiger partial charge in [-0.15, -0.1) is 15.2 Å². The number of aromatic nitrogens is 1. The van der Waals surface area contributed by atoms with Crippen LogP contribution in [0.3, 0.4) is 0 Å². The summed E-state index contributed by atoms with van der Waals surface area (Å²) in [5.74, 6) is -3.08. The Morgan fingerprint density at radius 2 is 2.26 bits per heavy atom. The maximum absolute atomic E-state index is 12.8. The Morgan fingerprint density at radius 3 is 2.91 bits per heavy atom. The molecule has 23 heavy (non-hydrogen) atoms. The Labute approximate surface area is 134 Å². The highest BCUT2D eigenvalue weighted by molar-refractivity contribution is 7.86. The number of carboxylic acids is 1. The van der Waals surface area contributed by atoms with Gasteiger partial charge in [0.05, 0.1) is 11.4 Å². The minimum absolute atomic E-state index is 0.0387. The van der Waals surface area contributed by atoms with Crippen molar-refractivity contribution >= 4 is 49.3 Å². The topological polar surface area (TPSA) is 105 Å². The summed E-state index contributed by atoms with van der Waals surface area (Å²) in [4.78, 5) is 29.4.